The molecule has 2 aromatic rings. The number of benzene rings is 2. The van der Waals surface area contributed by atoms with E-state index in [4.69, 9.17) is 11.6 Å². The second kappa shape index (κ2) is 5.85. The molecule has 0 bridgehead atoms. The molecule has 0 aliphatic carbocycles. The molecule has 0 aliphatic rings. The third-order valence-corrected chi connectivity index (χ3v) is 3.62. The van der Waals surface area contributed by atoms with E-state index in [1.165, 1.54) is 17.7 Å². The summed E-state index contributed by atoms with van der Waals surface area (Å²) in [5.41, 5.74) is 3.28. The first-order valence-corrected chi connectivity index (χ1v) is 6.93. The highest BCUT2D eigenvalue weighted by Gasteiger charge is 2.10. The SMILES string of the molecule is Cc1cc(Br)cc(C(Cl)Cc2ccc(F)cc2)c1. The van der Waals surface area contributed by atoms with E-state index < -0.39 is 0 Å². The molecule has 0 nitrogen and oxygen atoms in total. The van der Waals surface area contributed by atoms with E-state index in [-0.39, 0.29) is 11.2 Å². The molecule has 0 fully saturated rings. The van der Waals surface area contributed by atoms with Crippen LogP contribution in [-0.4, -0.2) is 0 Å². The van der Waals surface area contributed by atoms with Crippen LogP contribution in [0.5, 0.6) is 0 Å². The van der Waals surface area contributed by atoms with Crippen LogP contribution in [-0.2, 0) is 6.42 Å². The summed E-state index contributed by atoms with van der Waals surface area (Å²) in [5, 5.41) is -0.105. The molecule has 0 aromatic heterocycles. The van der Waals surface area contributed by atoms with Crippen molar-refractivity contribution in [1.82, 2.24) is 0 Å². The molecule has 0 N–H and O–H groups in total. The maximum absolute atomic E-state index is 12.8. The van der Waals surface area contributed by atoms with Crippen molar-refractivity contribution in [2.24, 2.45) is 0 Å². The topological polar surface area (TPSA) is 0 Å². The molecule has 0 saturated carbocycles. The largest absolute Gasteiger partial charge is 0.207 e. The summed E-state index contributed by atoms with van der Waals surface area (Å²) in [6, 6.07) is 12.6. The maximum Gasteiger partial charge on any atom is 0.123 e. The van der Waals surface area contributed by atoms with Gasteiger partial charge in [-0.15, -0.1) is 11.6 Å². The van der Waals surface area contributed by atoms with Crippen molar-refractivity contribution in [2.75, 3.05) is 0 Å². The molecule has 1 unspecified atom stereocenters. The highest BCUT2D eigenvalue weighted by molar-refractivity contribution is 9.10. The molecular formula is C15H13BrClF. The van der Waals surface area contributed by atoms with Gasteiger partial charge in [0.2, 0.25) is 0 Å². The van der Waals surface area contributed by atoms with Crippen LogP contribution in [0.15, 0.2) is 46.9 Å². The van der Waals surface area contributed by atoms with Gasteiger partial charge < -0.3 is 0 Å². The summed E-state index contributed by atoms with van der Waals surface area (Å²) >= 11 is 9.88. The van der Waals surface area contributed by atoms with Gasteiger partial charge in [-0.1, -0.05) is 34.1 Å². The van der Waals surface area contributed by atoms with Crippen molar-refractivity contribution in [3.8, 4) is 0 Å². The van der Waals surface area contributed by atoms with E-state index in [1.54, 1.807) is 12.1 Å². The van der Waals surface area contributed by atoms with E-state index in [0.29, 0.717) is 6.42 Å². The fraction of sp³-hybridized carbons (Fsp3) is 0.200. The Labute approximate surface area is 120 Å². The van der Waals surface area contributed by atoms with Gasteiger partial charge in [-0.25, -0.2) is 4.39 Å². The predicted molar refractivity (Wildman–Crippen MR) is 77.6 cm³/mol. The first-order chi connectivity index (χ1) is 8.54. The molecule has 18 heavy (non-hydrogen) atoms. The van der Waals surface area contributed by atoms with Crippen LogP contribution < -0.4 is 0 Å². The lowest BCUT2D eigenvalue weighted by Crippen LogP contribution is -1.97. The van der Waals surface area contributed by atoms with Gasteiger partial charge >= 0.3 is 0 Å². The van der Waals surface area contributed by atoms with Crippen molar-refractivity contribution in [2.45, 2.75) is 18.7 Å². The van der Waals surface area contributed by atoms with Gasteiger partial charge in [0.05, 0.1) is 5.38 Å². The second-order valence-corrected chi connectivity index (χ2v) is 5.80. The van der Waals surface area contributed by atoms with Gasteiger partial charge in [0.1, 0.15) is 5.82 Å². The van der Waals surface area contributed by atoms with E-state index in [1.807, 2.05) is 19.1 Å². The van der Waals surface area contributed by atoms with E-state index in [9.17, 15) is 4.39 Å². The fourth-order valence-electron chi connectivity index (χ4n) is 1.89. The first kappa shape index (κ1) is 13.6. The quantitative estimate of drug-likeness (QED) is 0.660. The summed E-state index contributed by atoms with van der Waals surface area (Å²) in [6.07, 6.45) is 0.692. The molecular weight excluding hydrogens is 315 g/mol. The minimum absolute atomic E-state index is 0.105. The van der Waals surface area contributed by atoms with Gasteiger partial charge in [-0.3, -0.25) is 0 Å². The lowest BCUT2D eigenvalue weighted by molar-refractivity contribution is 0.627. The average Bonchev–Trinajstić information content (AvgIpc) is 2.31. The Kier molecular flexibility index (Phi) is 4.41. The number of aryl methyl sites for hydroxylation is 1. The maximum atomic E-state index is 12.8. The summed E-state index contributed by atoms with van der Waals surface area (Å²) < 4.78 is 13.8. The molecule has 0 heterocycles. The van der Waals surface area contributed by atoms with Crippen LogP contribution >= 0.6 is 27.5 Å². The molecule has 0 saturated heterocycles. The van der Waals surface area contributed by atoms with Crippen molar-refractivity contribution in [3.05, 3.63) is 69.4 Å². The number of rotatable bonds is 3. The summed E-state index contributed by atoms with van der Waals surface area (Å²) in [6.45, 7) is 2.04. The van der Waals surface area contributed by atoms with E-state index in [0.717, 1.165) is 15.6 Å². The third kappa shape index (κ3) is 3.56. The van der Waals surface area contributed by atoms with Crippen molar-refractivity contribution < 1.29 is 4.39 Å². The Hall–Kier alpha value is -0.860. The minimum Gasteiger partial charge on any atom is -0.207 e. The lowest BCUT2D eigenvalue weighted by Gasteiger charge is -2.11. The van der Waals surface area contributed by atoms with Crippen LogP contribution in [0.1, 0.15) is 22.1 Å². The van der Waals surface area contributed by atoms with E-state index >= 15 is 0 Å². The zero-order chi connectivity index (χ0) is 13.1. The molecule has 2 rings (SSSR count). The van der Waals surface area contributed by atoms with Crippen molar-refractivity contribution in [1.29, 1.82) is 0 Å². The smallest absolute Gasteiger partial charge is 0.123 e. The molecule has 2 aromatic carbocycles. The van der Waals surface area contributed by atoms with Crippen molar-refractivity contribution >= 4 is 27.5 Å². The third-order valence-electron chi connectivity index (χ3n) is 2.75. The molecule has 0 radical (unpaired) electrons. The Bertz CT molecular complexity index is 516. The summed E-state index contributed by atoms with van der Waals surface area (Å²) in [7, 11) is 0. The van der Waals surface area contributed by atoms with E-state index in [2.05, 4.69) is 22.0 Å². The fourth-order valence-corrected chi connectivity index (χ4v) is 2.82. The normalized spacial score (nSPS) is 12.4. The van der Waals surface area contributed by atoms with Crippen LogP contribution in [0.2, 0.25) is 0 Å². The number of alkyl halides is 1. The van der Waals surface area contributed by atoms with Crippen LogP contribution in [0.4, 0.5) is 4.39 Å². The first-order valence-electron chi connectivity index (χ1n) is 5.70. The number of hydrogen-bond acceptors (Lipinski definition) is 0. The van der Waals surface area contributed by atoms with Gasteiger partial charge in [-0.05, 0) is 54.3 Å². The zero-order valence-corrected chi connectivity index (χ0v) is 12.3. The Balaban J connectivity index is 2.16. The summed E-state index contributed by atoms with van der Waals surface area (Å²) in [5.74, 6) is -0.219. The van der Waals surface area contributed by atoms with Crippen LogP contribution in [0.25, 0.3) is 0 Å². The lowest BCUT2D eigenvalue weighted by atomic mass is 10.0. The molecule has 0 aliphatic heterocycles. The molecule has 94 valence electrons. The number of hydrogen-bond donors (Lipinski definition) is 0. The highest BCUT2D eigenvalue weighted by atomic mass is 79.9. The van der Waals surface area contributed by atoms with Gasteiger partial charge in [0, 0.05) is 4.47 Å². The van der Waals surface area contributed by atoms with Gasteiger partial charge in [0.15, 0.2) is 0 Å². The van der Waals surface area contributed by atoms with Gasteiger partial charge in [-0.2, -0.15) is 0 Å². The Morgan fingerprint density at radius 3 is 2.44 bits per heavy atom. The predicted octanol–water partition coefficient (Wildman–Crippen LogP) is 5.42. The molecule has 3 heteroatoms. The van der Waals surface area contributed by atoms with Gasteiger partial charge in [0.25, 0.3) is 0 Å². The molecule has 1 atom stereocenters. The van der Waals surface area contributed by atoms with Crippen LogP contribution in [0, 0.1) is 12.7 Å². The second-order valence-electron chi connectivity index (χ2n) is 4.36. The monoisotopic (exact) mass is 326 g/mol. The summed E-state index contributed by atoms with van der Waals surface area (Å²) in [4.78, 5) is 0. The highest BCUT2D eigenvalue weighted by Crippen LogP contribution is 2.28. The standard InChI is InChI=1S/C15H13BrClF/c1-10-6-12(9-13(16)7-10)15(17)8-11-2-4-14(18)5-3-11/h2-7,9,15H,8H2,1H3. The molecule has 0 spiro atoms. The Morgan fingerprint density at radius 1 is 1.17 bits per heavy atom. The van der Waals surface area contributed by atoms with Crippen molar-refractivity contribution in [3.63, 3.8) is 0 Å². The minimum atomic E-state index is -0.219. The zero-order valence-electron chi connectivity index (χ0n) is 9.96. The van der Waals surface area contributed by atoms with Crippen LogP contribution in [0.3, 0.4) is 0 Å². The molecule has 0 amide bonds. The number of halogens is 3. The Morgan fingerprint density at radius 2 is 1.83 bits per heavy atom. The average molecular weight is 328 g/mol.